The van der Waals surface area contributed by atoms with Crippen LogP contribution in [0.5, 0.6) is 0 Å². The number of carbonyl (C=O) groups excluding carboxylic acids is 2. The molecule has 0 bridgehead atoms. The highest BCUT2D eigenvalue weighted by atomic mass is 16.2. The summed E-state index contributed by atoms with van der Waals surface area (Å²) in [6.07, 6.45) is 4.26. The van der Waals surface area contributed by atoms with E-state index in [4.69, 9.17) is 5.73 Å². The number of hydrogen-bond acceptors (Lipinski definition) is 2. The second kappa shape index (κ2) is 8.26. The van der Waals surface area contributed by atoms with E-state index in [0.29, 0.717) is 12.8 Å². The Morgan fingerprint density at radius 3 is 2.40 bits per heavy atom. The lowest BCUT2D eigenvalue weighted by Crippen LogP contribution is -2.34. The Bertz CT molecular complexity index is 205. The quantitative estimate of drug-likeness (QED) is 0.640. The van der Waals surface area contributed by atoms with E-state index in [1.807, 2.05) is 0 Å². The van der Waals surface area contributed by atoms with Gasteiger partial charge in [-0.05, 0) is 19.3 Å². The zero-order valence-corrected chi connectivity index (χ0v) is 9.71. The van der Waals surface area contributed by atoms with E-state index < -0.39 is 0 Å². The SMILES string of the molecule is CCCC(CC)NC(=O)CCCC(N)=O. The first-order valence-electron chi connectivity index (χ1n) is 5.67. The highest BCUT2D eigenvalue weighted by molar-refractivity contribution is 5.78. The minimum atomic E-state index is -0.344. The molecule has 4 nitrogen and oxygen atoms in total. The van der Waals surface area contributed by atoms with Crippen molar-refractivity contribution in [3.63, 3.8) is 0 Å². The second-order valence-corrected chi connectivity index (χ2v) is 3.78. The van der Waals surface area contributed by atoms with E-state index in [2.05, 4.69) is 19.2 Å². The Morgan fingerprint density at radius 2 is 1.93 bits per heavy atom. The van der Waals surface area contributed by atoms with Crippen LogP contribution in [0.1, 0.15) is 52.4 Å². The normalized spacial score (nSPS) is 12.1. The molecule has 1 atom stereocenters. The molecule has 0 aromatic carbocycles. The molecule has 15 heavy (non-hydrogen) atoms. The summed E-state index contributed by atoms with van der Waals surface area (Å²) in [5.74, 6) is -0.319. The molecule has 3 N–H and O–H groups in total. The molecule has 0 rings (SSSR count). The molecule has 0 aromatic rings. The molecule has 0 aromatic heterocycles. The van der Waals surface area contributed by atoms with Crippen LogP contribution in [0.3, 0.4) is 0 Å². The van der Waals surface area contributed by atoms with E-state index in [0.717, 1.165) is 19.3 Å². The summed E-state index contributed by atoms with van der Waals surface area (Å²) >= 11 is 0. The fourth-order valence-electron chi connectivity index (χ4n) is 1.45. The summed E-state index contributed by atoms with van der Waals surface area (Å²) in [6, 6.07) is 0.274. The summed E-state index contributed by atoms with van der Waals surface area (Å²) in [7, 11) is 0. The zero-order valence-electron chi connectivity index (χ0n) is 9.71. The van der Waals surface area contributed by atoms with Crippen LogP contribution in [0.2, 0.25) is 0 Å². The Morgan fingerprint density at radius 1 is 1.27 bits per heavy atom. The second-order valence-electron chi connectivity index (χ2n) is 3.78. The van der Waals surface area contributed by atoms with Crippen molar-refractivity contribution in [1.29, 1.82) is 0 Å². The van der Waals surface area contributed by atoms with Gasteiger partial charge in [0.1, 0.15) is 0 Å². The van der Waals surface area contributed by atoms with Crippen LogP contribution in [0.4, 0.5) is 0 Å². The predicted octanol–water partition coefficient (Wildman–Crippen LogP) is 1.34. The Hall–Kier alpha value is -1.06. The molecule has 0 heterocycles. The molecule has 0 saturated heterocycles. The van der Waals surface area contributed by atoms with Crippen LogP contribution in [-0.4, -0.2) is 17.9 Å². The number of amides is 2. The van der Waals surface area contributed by atoms with Crippen LogP contribution < -0.4 is 11.1 Å². The molecule has 0 fully saturated rings. The van der Waals surface area contributed by atoms with Gasteiger partial charge in [-0.1, -0.05) is 20.3 Å². The van der Waals surface area contributed by atoms with Gasteiger partial charge >= 0.3 is 0 Å². The van der Waals surface area contributed by atoms with Crippen molar-refractivity contribution >= 4 is 11.8 Å². The monoisotopic (exact) mass is 214 g/mol. The lowest BCUT2D eigenvalue weighted by atomic mass is 10.1. The topological polar surface area (TPSA) is 72.2 Å². The maximum atomic E-state index is 11.4. The molecule has 0 spiro atoms. The van der Waals surface area contributed by atoms with Crippen LogP contribution in [0.15, 0.2) is 0 Å². The van der Waals surface area contributed by atoms with E-state index in [-0.39, 0.29) is 24.3 Å². The van der Waals surface area contributed by atoms with Crippen molar-refractivity contribution in [1.82, 2.24) is 5.32 Å². The van der Waals surface area contributed by atoms with Crippen molar-refractivity contribution in [3.8, 4) is 0 Å². The van der Waals surface area contributed by atoms with Gasteiger partial charge in [0.25, 0.3) is 0 Å². The maximum Gasteiger partial charge on any atom is 0.220 e. The Labute approximate surface area is 91.6 Å². The summed E-state index contributed by atoms with van der Waals surface area (Å²) in [5.41, 5.74) is 4.98. The molecular weight excluding hydrogens is 192 g/mol. The van der Waals surface area contributed by atoms with Crippen molar-refractivity contribution < 1.29 is 9.59 Å². The molecule has 0 saturated carbocycles. The highest BCUT2D eigenvalue weighted by Gasteiger charge is 2.09. The molecule has 1 unspecified atom stereocenters. The van der Waals surface area contributed by atoms with E-state index in [9.17, 15) is 9.59 Å². The third-order valence-corrected chi connectivity index (χ3v) is 2.32. The van der Waals surface area contributed by atoms with Gasteiger partial charge in [-0.3, -0.25) is 9.59 Å². The minimum Gasteiger partial charge on any atom is -0.370 e. The summed E-state index contributed by atoms with van der Waals surface area (Å²) in [4.78, 5) is 21.9. The lowest BCUT2D eigenvalue weighted by molar-refractivity contribution is -0.122. The standard InChI is InChI=1S/C11H22N2O2/c1-3-6-9(4-2)13-11(15)8-5-7-10(12)14/h9H,3-8H2,1-2H3,(H2,12,14)(H,13,15). The fraction of sp³-hybridized carbons (Fsp3) is 0.818. The number of hydrogen-bond donors (Lipinski definition) is 2. The lowest BCUT2D eigenvalue weighted by Gasteiger charge is -2.15. The fourth-order valence-corrected chi connectivity index (χ4v) is 1.45. The van der Waals surface area contributed by atoms with E-state index >= 15 is 0 Å². The molecule has 2 amide bonds. The van der Waals surface area contributed by atoms with E-state index in [1.165, 1.54) is 0 Å². The van der Waals surface area contributed by atoms with Gasteiger partial charge in [0.05, 0.1) is 0 Å². The molecular formula is C11H22N2O2. The Balaban J connectivity index is 3.66. The van der Waals surface area contributed by atoms with E-state index in [1.54, 1.807) is 0 Å². The van der Waals surface area contributed by atoms with Crippen molar-refractivity contribution in [2.45, 2.75) is 58.4 Å². The number of rotatable bonds is 8. The van der Waals surface area contributed by atoms with Crippen molar-refractivity contribution in [2.24, 2.45) is 5.73 Å². The molecule has 0 aliphatic rings. The number of primary amides is 1. The van der Waals surface area contributed by atoms with Gasteiger partial charge in [0, 0.05) is 18.9 Å². The van der Waals surface area contributed by atoms with Crippen molar-refractivity contribution in [3.05, 3.63) is 0 Å². The molecule has 0 aliphatic heterocycles. The highest BCUT2D eigenvalue weighted by Crippen LogP contribution is 2.02. The summed E-state index contributed by atoms with van der Waals surface area (Å²) < 4.78 is 0. The van der Waals surface area contributed by atoms with Gasteiger partial charge < -0.3 is 11.1 Å². The number of nitrogens with two attached hydrogens (primary N) is 1. The van der Waals surface area contributed by atoms with Gasteiger partial charge in [-0.15, -0.1) is 0 Å². The predicted molar refractivity (Wildman–Crippen MR) is 60.2 cm³/mol. The van der Waals surface area contributed by atoms with Crippen molar-refractivity contribution in [2.75, 3.05) is 0 Å². The molecule has 4 heteroatoms. The van der Waals surface area contributed by atoms with Gasteiger partial charge in [-0.25, -0.2) is 0 Å². The van der Waals surface area contributed by atoms with Crippen LogP contribution >= 0.6 is 0 Å². The van der Waals surface area contributed by atoms with Crippen LogP contribution in [0, 0.1) is 0 Å². The van der Waals surface area contributed by atoms with Gasteiger partial charge in [0.2, 0.25) is 11.8 Å². The summed E-state index contributed by atoms with van der Waals surface area (Å²) in [5, 5.41) is 2.95. The average Bonchev–Trinajstić information content (AvgIpc) is 2.16. The molecule has 0 radical (unpaired) electrons. The van der Waals surface area contributed by atoms with Gasteiger partial charge in [-0.2, -0.15) is 0 Å². The maximum absolute atomic E-state index is 11.4. The van der Waals surface area contributed by atoms with Crippen LogP contribution in [-0.2, 0) is 9.59 Å². The minimum absolute atomic E-state index is 0.0246. The number of carbonyl (C=O) groups is 2. The first-order valence-corrected chi connectivity index (χ1v) is 5.67. The third kappa shape index (κ3) is 7.97. The first kappa shape index (κ1) is 13.9. The van der Waals surface area contributed by atoms with Crippen LogP contribution in [0.25, 0.3) is 0 Å². The number of nitrogens with one attached hydrogen (secondary N) is 1. The average molecular weight is 214 g/mol. The summed E-state index contributed by atoms with van der Waals surface area (Å²) in [6.45, 7) is 4.16. The molecule has 88 valence electrons. The largest absolute Gasteiger partial charge is 0.370 e. The molecule has 0 aliphatic carbocycles. The third-order valence-electron chi connectivity index (χ3n) is 2.32. The van der Waals surface area contributed by atoms with Gasteiger partial charge in [0.15, 0.2) is 0 Å². The Kier molecular flexibility index (Phi) is 7.68. The first-order chi connectivity index (χ1) is 7.10. The zero-order chi connectivity index (χ0) is 11.7. The smallest absolute Gasteiger partial charge is 0.220 e.